The van der Waals surface area contributed by atoms with Gasteiger partial charge in [0.05, 0.1) is 6.21 Å². The van der Waals surface area contributed by atoms with Gasteiger partial charge in [0.2, 0.25) is 9.93 Å². The highest BCUT2D eigenvalue weighted by Crippen LogP contribution is 2.27. The maximum Gasteiger partial charge on any atom is 0.217 e. The molecule has 0 aliphatic heterocycles. The van der Waals surface area contributed by atoms with Crippen molar-refractivity contribution >= 4 is 30.2 Å². The number of rotatable bonds is 5. The Bertz CT molecular complexity index is 919. The van der Waals surface area contributed by atoms with Crippen molar-refractivity contribution in [3.8, 4) is 11.5 Å². The van der Waals surface area contributed by atoms with E-state index in [4.69, 9.17) is 12.2 Å². The van der Waals surface area contributed by atoms with Crippen molar-refractivity contribution in [1.29, 1.82) is 0 Å². The number of benzene rings is 2. The van der Waals surface area contributed by atoms with Gasteiger partial charge in [-0.3, -0.25) is 0 Å². The van der Waals surface area contributed by atoms with E-state index in [-0.39, 0.29) is 11.5 Å². The van der Waals surface area contributed by atoms with Crippen molar-refractivity contribution in [1.82, 2.24) is 14.9 Å². The number of phenols is 2. The summed E-state index contributed by atoms with van der Waals surface area (Å²) in [5, 5.41) is 31.1. The molecule has 3 aromatic rings. The van der Waals surface area contributed by atoms with Crippen molar-refractivity contribution in [2.24, 2.45) is 5.10 Å². The Balaban J connectivity index is 1.81. The summed E-state index contributed by atoms with van der Waals surface area (Å²) in [6.45, 7) is 0. The Labute approximate surface area is 147 Å². The summed E-state index contributed by atoms with van der Waals surface area (Å²) in [6, 6.07) is 14.7. The number of hydrogen-bond acceptors (Lipinski definition) is 6. The van der Waals surface area contributed by atoms with Crippen molar-refractivity contribution in [3.63, 3.8) is 0 Å². The highest BCUT2D eigenvalue weighted by Gasteiger charge is 2.07. The average molecular weight is 358 g/mol. The Morgan fingerprint density at radius 3 is 2.75 bits per heavy atom. The number of H-pyrrole nitrogens is 1. The Morgan fingerprint density at radius 1 is 1.17 bits per heavy atom. The number of aromatic hydroxyl groups is 2. The van der Waals surface area contributed by atoms with Crippen LogP contribution >= 0.6 is 24.0 Å². The van der Waals surface area contributed by atoms with Gasteiger partial charge < -0.3 is 10.2 Å². The fraction of sp³-hybridized carbons (Fsp3) is 0.0625. The lowest BCUT2D eigenvalue weighted by atomic mass is 10.2. The van der Waals surface area contributed by atoms with Gasteiger partial charge in [0, 0.05) is 11.3 Å². The molecule has 122 valence electrons. The third-order valence-electron chi connectivity index (χ3n) is 3.19. The Hall–Kier alpha value is -2.58. The predicted octanol–water partition coefficient (Wildman–Crippen LogP) is 3.53. The molecule has 2 aromatic carbocycles. The molecule has 6 nitrogen and oxygen atoms in total. The van der Waals surface area contributed by atoms with Crippen LogP contribution in [-0.2, 0) is 5.75 Å². The largest absolute Gasteiger partial charge is 0.504 e. The zero-order valence-corrected chi connectivity index (χ0v) is 14.1. The maximum absolute atomic E-state index is 9.81. The van der Waals surface area contributed by atoms with E-state index in [0.717, 1.165) is 11.3 Å². The first kappa shape index (κ1) is 16.3. The first-order valence-electron chi connectivity index (χ1n) is 7.04. The highest BCUT2D eigenvalue weighted by molar-refractivity contribution is 7.98. The second-order valence-corrected chi connectivity index (χ2v) is 6.19. The molecule has 0 bridgehead atoms. The van der Waals surface area contributed by atoms with Crippen LogP contribution < -0.4 is 0 Å². The SMILES string of the molecule is Oc1cccc(/C=N/n2c(SCc3ccccc3)n[nH]c2=S)c1O. The monoisotopic (exact) mass is 358 g/mol. The Morgan fingerprint density at radius 2 is 1.96 bits per heavy atom. The minimum atomic E-state index is -0.227. The molecule has 0 amide bonds. The molecule has 0 aliphatic rings. The lowest BCUT2D eigenvalue weighted by Crippen LogP contribution is -1.94. The van der Waals surface area contributed by atoms with Gasteiger partial charge in [-0.2, -0.15) is 9.78 Å². The molecule has 8 heteroatoms. The summed E-state index contributed by atoms with van der Waals surface area (Å²) in [7, 11) is 0. The molecule has 0 fully saturated rings. The average Bonchev–Trinajstić information content (AvgIpc) is 2.95. The smallest absolute Gasteiger partial charge is 0.217 e. The van der Waals surface area contributed by atoms with Gasteiger partial charge >= 0.3 is 0 Å². The van der Waals surface area contributed by atoms with Crippen molar-refractivity contribution < 1.29 is 10.2 Å². The van der Waals surface area contributed by atoms with E-state index < -0.39 is 0 Å². The fourth-order valence-electron chi connectivity index (χ4n) is 1.97. The number of para-hydroxylation sites is 1. The standard InChI is InChI=1S/C16H14N4O2S2/c21-13-8-4-7-12(14(13)22)9-17-20-15(23)18-19-16(20)24-10-11-5-2-1-3-6-11/h1-9,21-22H,10H2,(H,18,23)/b17-9+. The molecule has 1 heterocycles. The molecule has 3 N–H and O–H groups in total. The van der Waals surface area contributed by atoms with Gasteiger partial charge in [0.25, 0.3) is 0 Å². The van der Waals surface area contributed by atoms with E-state index in [1.165, 1.54) is 28.7 Å². The zero-order valence-electron chi connectivity index (χ0n) is 12.5. The molecule has 0 unspecified atom stereocenters. The van der Waals surface area contributed by atoms with Crippen LogP contribution in [-0.4, -0.2) is 31.3 Å². The van der Waals surface area contributed by atoms with E-state index in [0.29, 0.717) is 15.5 Å². The molecule has 1 aromatic heterocycles. The molecule has 0 radical (unpaired) electrons. The van der Waals surface area contributed by atoms with Crippen molar-refractivity contribution in [2.45, 2.75) is 10.9 Å². The van der Waals surface area contributed by atoms with Gasteiger partial charge in [-0.1, -0.05) is 48.2 Å². The van der Waals surface area contributed by atoms with Crippen LogP contribution in [0.1, 0.15) is 11.1 Å². The highest BCUT2D eigenvalue weighted by atomic mass is 32.2. The van der Waals surface area contributed by atoms with Crippen LogP contribution in [0.2, 0.25) is 0 Å². The van der Waals surface area contributed by atoms with Crippen LogP contribution in [0.4, 0.5) is 0 Å². The summed E-state index contributed by atoms with van der Waals surface area (Å²) in [4.78, 5) is 0. The first-order chi connectivity index (χ1) is 11.6. The summed E-state index contributed by atoms with van der Waals surface area (Å²) >= 11 is 6.68. The summed E-state index contributed by atoms with van der Waals surface area (Å²) in [5.74, 6) is 0.302. The third kappa shape index (κ3) is 3.66. The number of aromatic amines is 1. The maximum atomic E-state index is 9.81. The number of thioether (sulfide) groups is 1. The van der Waals surface area contributed by atoms with Crippen LogP contribution in [0.15, 0.2) is 58.8 Å². The molecular weight excluding hydrogens is 344 g/mol. The molecule has 0 spiro atoms. The summed E-state index contributed by atoms with van der Waals surface area (Å²) < 4.78 is 1.83. The van der Waals surface area contributed by atoms with Gasteiger partial charge in [0.15, 0.2) is 11.5 Å². The van der Waals surface area contributed by atoms with E-state index in [1.54, 1.807) is 12.1 Å². The van der Waals surface area contributed by atoms with Gasteiger partial charge in [-0.05, 0) is 29.9 Å². The summed E-state index contributed by atoms with van der Waals surface area (Å²) in [5.41, 5.74) is 1.55. The van der Waals surface area contributed by atoms with Gasteiger partial charge in [-0.25, -0.2) is 5.10 Å². The zero-order chi connectivity index (χ0) is 16.9. The number of nitrogens with zero attached hydrogens (tertiary/aromatic N) is 3. The van der Waals surface area contributed by atoms with Gasteiger partial charge in [0.1, 0.15) is 0 Å². The number of nitrogens with one attached hydrogen (secondary N) is 1. The normalized spacial score (nSPS) is 11.2. The van der Waals surface area contributed by atoms with Crippen LogP contribution in [0.25, 0.3) is 0 Å². The second-order valence-electron chi connectivity index (χ2n) is 4.86. The van der Waals surface area contributed by atoms with Crippen LogP contribution in [0, 0.1) is 4.77 Å². The Kier molecular flexibility index (Phi) is 4.97. The second kappa shape index (κ2) is 7.33. The predicted molar refractivity (Wildman–Crippen MR) is 96.2 cm³/mol. The number of phenolic OH excluding ortho intramolecular Hbond substituents is 2. The first-order valence-corrected chi connectivity index (χ1v) is 8.44. The van der Waals surface area contributed by atoms with Crippen molar-refractivity contribution in [2.75, 3.05) is 0 Å². The number of aromatic nitrogens is 3. The van der Waals surface area contributed by atoms with E-state index in [2.05, 4.69) is 15.3 Å². The van der Waals surface area contributed by atoms with E-state index in [1.807, 2.05) is 30.3 Å². The molecule has 0 saturated carbocycles. The topological polar surface area (TPSA) is 86.4 Å². The molecular formula is C16H14N4O2S2. The fourth-order valence-corrected chi connectivity index (χ4v) is 3.06. The summed E-state index contributed by atoms with van der Waals surface area (Å²) in [6.07, 6.45) is 1.42. The van der Waals surface area contributed by atoms with Crippen LogP contribution in [0.3, 0.4) is 0 Å². The van der Waals surface area contributed by atoms with Crippen LogP contribution in [0.5, 0.6) is 11.5 Å². The molecule has 24 heavy (non-hydrogen) atoms. The molecule has 0 atom stereocenters. The minimum absolute atomic E-state index is 0.201. The molecule has 0 aliphatic carbocycles. The lowest BCUT2D eigenvalue weighted by molar-refractivity contribution is 0.403. The quantitative estimate of drug-likeness (QED) is 0.281. The molecule has 0 saturated heterocycles. The van der Waals surface area contributed by atoms with Gasteiger partial charge in [-0.15, -0.1) is 5.10 Å². The molecule has 3 rings (SSSR count). The van der Waals surface area contributed by atoms with Crippen molar-refractivity contribution in [3.05, 3.63) is 64.4 Å². The lowest BCUT2D eigenvalue weighted by Gasteiger charge is -2.02. The number of hydrogen-bond donors (Lipinski definition) is 3. The van der Waals surface area contributed by atoms with E-state index >= 15 is 0 Å². The minimum Gasteiger partial charge on any atom is -0.504 e. The van der Waals surface area contributed by atoms with E-state index in [9.17, 15) is 10.2 Å². The third-order valence-corrected chi connectivity index (χ3v) is 4.45.